The van der Waals surface area contributed by atoms with Crippen molar-refractivity contribution in [2.45, 2.75) is 33.2 Å². The molecule has 2 rings (SSSR count). The van der Waals surface area contributed by atoms with E-state index in [9.17, 15) is 4.79 Å². The minimum Gasteiger partial charge on any atom is -0.314 e. The Morgan fingerprint density at radius 3 is 2.65 bits per heavy atom. The van der Waals surface area contributed by atoms with Crippen LogP contribution in [0.1, 0.15) is 26.5 Å². The van der Waals surface area contributed by atoms with E-state index in [4.69, 9.17) is 0 Å². The van der Waals surface area contributed by atoms with Crippen LogP contribution in [0.5, 0.6) is 0 Å². The lowest BCUT2D eigenvalue weighted by Crippen LogP contribution is -2.46. The second-order valence-electron chi connectivity index (χ2n) is 6.33. The summed E-state index contributed by atoms with van der Waals surface area (Å²) in [6.45, 7) is 12.3. The van der Waals surface area contributed by atoms with E-state index in [-0.39, 0.29) is 11.4 Å². The topological polar surface area (TPSA) is 62.2 Å². The number of anilines is 1. The molecule has 0 bridgehead atoms. The summed E-state index contributed by atoms with van der Waals surface area (Å²) in [5.74, 6) is 0.799. The van der Waals surface area contributed by atoms with Gasteiger partial charge in [-0.2, -0.15) is 5.10 Å². The van der Waals surface area contributed by atoms with E-state index >= 15 is 0 Å². The van der Waals surface area contributed by atoms with Crippen LogP contribution in [0.2, 0.25) is 0 Å². The molecule has 0 radical (unpaired) electrons. The summed E-state index contributed by atoms with van der Waals surface area (Å²) >= 11 is 0. The molecular weight excluding hydrogens is 254 g/mol. The molecule has 0 unspecified atom stereocenters. The van der Waals surface area contributed by atoms with Crippen LogP contribution in [0.4, 0.5) is 5.82 Å². The molecule has 0 saturated carbocycles. The number of hydrogen-bond acceptors (Lipinski definition) is 4. The van der Waals surface area contributed by atoms with Gasteiger partial charge in [0.2, 0.25) is 5.91 Å². The highest BCUT2D eigenvalue weighted by molar-refractivity contribution is 5.91. The van der Waals surface area contributed by atoms with Gasteiger partial charge >= 0.3 is 0 Å². The largest absolute Gasteiger partial charge is 0.314 e. The lowest BCUT2D eigenvalue weighted by molar-refractivity contribution is -0.117. The fraction of sp³-hybridized carbons (Fsp3) is 0.714. The van der Waals surface area contributed by atoms with Crippen molar-refractivity contribution in [1.29, 1.82) is 0 Å². The number of nitrogens with zero attached hydrogens (tertiary/aromatic N) is 3. The van der Waals surface area contributed by atoms with Crippen molar-refractivity contribution in [2.24, 2.45) is 0 Å². The predicted octanol–water partition coefficient (Wildman–Crippen LogP) is 0.790. The standard InChI is InChI=1S/C14H25N5O/c1-11-9-12(19(17-11)14(2,3)4)16-13(20)10-18-7-5-15-6-8-18/h9,15H,5-8,10H2,1-4H3,(H,16,20). The molecule has 1 aliphatic heterocycles. The summed E-state index contributed by atoms with van der Waals surface area (Å²) in [5, 5.41) is 10.7. The number of carbonyl (C=O) groups excluding carboxylic acids is 1. The Balaban J connectivity index is 2.00. The number of amides is 1. The van der Waals surface area contributed by atoms with Crippen LogP contribution in [0.25, 0.3) is 0 Å². The molecule has 0 aliphatic carbocycles. The summed E-state index contributed by atoms with van der Waals surface area (Å²) in [6, 6.07) is 1.92. The molecule has 2 N–H and O–H groups in total. The van der Waals surface area contributed by atoms with Crippen molar-refractivity contribution in [2.75, 3.05) is 38.0 Å². The molecule has 112 valence electrons. The molecule has 0 spiro atoms. The zero-order valence-corrected chi connectivity index (χ0v) is 12.9. The van der Waals surface area contributed by atoms with Crippen LogP contribution in [-0.2, 0) is 10.3 Å². The second-order valence-corrected chi connectivity index (χ2v) is 6.33. The van der Waals surface area contributed by atoms with Gasteiger partial charge in [-0.3, -0.25) is 9.69 Å². The van der Waals surface area contributed by atoms with Gasteiger partial charge in [-0.15, -0.1) is 0 Å². The van der Waals surface area contributed by atoms with Gasteiger partial charge in [0, 0.05) is 32.2 Å². The van der Waals surface area contributed by atoms with E-state index in [2.05, 4.69) is 41.4 Å². The maximum Gasteiger partial charge on any atom is 0.239 e. The number of rotatable bonds is 3. The molecule has 2 heterocycles. The first-order valence-corrected chi connectivity index (χ1v) is 7.16. The van der Waals surface area contributed by atoms with E-state index in [1.165, 1.54) is 0 Å². The van der Waals surface area contributed by atoms with Gasteiger partial charge in [0.1, 0.15) is 5.82 Å². The number of aryl methyl sites for hydroxylation is 1. The molecular formula is C14H25N5O. The van der Waals surface area contributed by atoms with E-state index in [0.717, 1.165) is 37.7 Å². The zero-order valence-electron chi connectivity index (χ0n) is 12.9. The fourth-order valence-electron chi connectivity index (χ4n) is 2.35. The Kier molecular flexibility index (Phi) is 4.45. The lowest BCUT2D eigenvalue weighted by atomic mass is 10.1. The first kappa shape index (κ1) is 15.0. The van der Waals surface area contributed by atoms with Crippen LogP contribution in [0.15, 0.2) is 6.07 Å². The summed E-state index contributed by atoms with van der Waals surface area (Å²) < 4.78 is 1.87. The molecule has 1 saturated heterocycles. The number of nitrogens with one attached hydrogen (secondary N) is 2. The molecule has 1 amide bonds. The van der Waals surface area contributed by atoms with E-state index in [1.54, 1.807) is 0 Å². The molecule has 20 heavy (non-hydrogen) atoms. The third-order valence-corrected chi connectivity index (χ3v) is 3.31. The number of piperazine rings is 1. The minimum atomic E-state index is -0.147. The van der Waals surface area contributed by atoms with E-state index < -0.39 is 0 Å². The summed E-state index contributed by atoms with van der Waals surface area (Å²) in [4.78, 5) is 14.3. The summed E-state index contributed by atoms with van der Waals surface area (Å²) in [7, 11) is 0. The van der Waals surface area contributed by atoms with Gasteiger partial charge in [-0.05, 0) is 27.7 Å². The van der Waals surface area contributed by atoms with Crippen LogP contribution in [-0.4, -0.2) is 53.3 Å². The van der Waals surface area contributed by atoms with Crippen LogP contribution in [0, 0.1) is 6.92 Å². The Morgan fingerprint density at radius 1 is 1.40 bits per heavy atom. The monoisotopic (exact) mass is 279 g/mol. The Labute approximate surface area is 120 Å². The van der Waals surface area contributed by atoms with Gasteiger partial charge < -0.3 is 10.6 Å². The minimum absolute atomic E-state index is 0.0253. The van der Waals surface area contributed by atoms with Crippen molar-refractivity contribution in [3.8, 4) is 0 Å². The summed E-state index contributed by atoms with van der Waals surface area (Å²) in [6.07, 6.45) is 0. The molecule has 6 nitrogen and oxygen atoms in total. The molecule has 1 aromatic heterocycles. The molecule has 6 heteroatoms. The van der Waals surface area contributed by atoms with Crippen molar-refractivity contribution in [3.05, 3.63) is 11.8 Å². The average molecular weight is 279 g/mol. The van der Waals surface area contributed by atoms with Crippen LogP contribution < -0.4 is 10.6 Å². The average Bonchev–Trinajstić information content (AvgIpc) is 2.71. The Morgan fingerprint density at radius 2 is 2.05 bits per heavy atom. The number of carbonyl (C=O) groups is 1. The molecule has 0 aromatic carbocycles. The van der Waals surface area contributed by atoms with Gasteiger partial charge in [0.15, 0.2) is 0 Å². The van der Waals surface area contributed by atoms with Crippen molar-refractivity contribution in [1.82, 2.24) is 20.0 Å². The first-order valence-electron chi connectivity index (χ1n) is 7.16. The highest BCUT2D eigenvalue weighted by Gasteiger charge is 2.21. The lowest BCUT2D eigenvalue weighted by Gasteiger charge is -2.27. The van der Waals surface area contributed by atoms with Crippen LogP contribution >= 0.6 is 0 Å². The van der Waals surface area contributed by atoms with Crippen LogP contribution in [0.3, 0.4) is 0 Å². The third kappa shape index (κ3) is 3.80. The molecule has 1 fully saturated rings. The quantitative estimate of drug-likeness (QED) is 0.859. The number of aromatic nitrogens is 2. The Bertz CT molecular complexity index is 468. The van der Waals surface area contributed by atoms with Gasteiger partial charge in [0.25, 0.3) is 0 Å². The molecule has 0 atom stereocenters. The fourth-order valence-corrected chi connectivity index (χ4v) is 2.35. The normalized spacial score (nSPS) is 17.2. The van der Waals surface area contributed by atoms with E-state index in [0.29, 0.717) is 6.54 Å². The van der Waals surface area contributed by atoms with E-state index in [1.807, 2.05) is 17.7 Å². The second kappa shape index (κ2) is 5.93. The van der Waals surface area contributed by atoms with Crippen molar-refractivity contribution < 1.29 is 4.79 Å². The SMILES string of the molecule is Cc1cc(NC(=O)CN2CCNCC2)n(C(C)(C)C)n1. The maximum atomic E-state index is 12.2. The van der Waals surface area contributed by atoms with Crippen molar-refractivity contribution in [3.63, 3.8) is 0 Å². The summed E-state index contributed by atoms with van der Waals surface area (Å²) in [5.41, 5.74) is 0.767. The smallest absolute Gasteiger partial charge is 0.239 e. The van der Waals surface area contributed by atoms with Crippen molar-refractivity contribution >= 4 is 11.7 Å². The molecule has 1 aromatic rings. The molecule has 1 aliphatic rings. The van der Waals surface area contributed by atoms with Gasteiger partial charge in [-0.1, -0.05) is 0 Å². The highest BCUT2D eigenvalue weighted by atomic mass is 16.2. The predicted molar refractivity (Wildman–Crippen MR) is 79.9 cm³/mol. The maximum absolute atomic E-state index is 12.2. The Hall–Kier alpha value is -1.40. The zero-order chi connectivity index (χ0) is 14.8. The van der Waals surface area contributed by atoms with Gasteiger partial charge in [0.05, 0.1) is 17.8 Å². The van der Waals surface area contributed by atoms with Gasteiger partial charge in [-0.25, -0.2) is 4.68 Å². The first-order chi connectivity index (χ1) is 9.36. The highest BCUT2D eigenvalue weighted by Crippen LogP contribution is 2.21. The third-order valence-electron chi connectivity index (χ3n) is 3.31. The number of hydrogen-bond donors (Lipinski definition) is 2.